The van der Waals surface area contributed by atoms with E-state index in [4.69, 9.17) is 11.6 Å². The average molecular weight is 542 g/mol. The fraction of sp³-hybridized carbons (Fsp3) is 0.286. The molecule has 34 heavy (non-hydrogen) atoms. The largest absolute Gasteiger partial charge is 0.350 e. The molecule has 0 aliphatic carbocycles. The summed E-state index contributed by atoms with van der Waals surface area (Å²) in [6, 6.07) is 24.2. The first kappa shape index (κ1) is 26.0. The molecular weight excluding hydrogens is 512 g/mol. The smallest absolute Gasteiger partial charge is 0.243 e. The molecule has 0 spiro atoms. The van der Waals surface area contributed by atoms with Gasteiger partial charge >= 0.3 is 0 Å². The van der Waals surface area contributed by atoms with Crippen LogP contribution >= 0.6 is 27.5 Å². The summed E-state index contributed by atoms with van der Waals surface area (Å²) in [5, 5.41) is 3.62. The van der Waals surface area contributed by atoms with Crippen LogP contribution in [0.4, 0.5) is 0 Å². The van der Waals surface area contributed by atoms with E-state index in [1.165, 1.54) is 0 Å². The zero-order valence-corrected chi connectivity index (χ0v) is 22.1. The highest BCUT2D eigenvalue weighted by molar-refractivity contribution is 9.10. The number of amides is 2. The van der Waals surface area contributed by atoms with E-state index in [2.05, 4.69) is 21.2 Å². The zero-order valence-electron chi connectivity index (χ0n) is 19.7. The Hall–Kier alpha value is -2.63. The van der Waals surface area contributed by atoms with E-state index >= 15 is 0 Å². The van der Waals surface area contributed by atoms with Crippen molar-refractivity contribution in [1.29, 1.82) is 0 Å². The molecule has 0 aliphatic rings. The zero-order chi connectivity index (χ0) is 24.7. The number of halogens is 2. The molecule has 4 nitrogen and oxygen atoms in total. The summed E-state index contributed by atoms with van der Waals surface area (Å²) in [5.41, 5.74) is 2.24. The first-order valence-electron chi connectivity index (χ1n) is 11.3. The lowest BCUT2D eigenvalue weighted by Crippen LogP contribution is -2.54. The monoisotopic (exact) mass is 540 g/mol. The Morgan fingerprint density at radius 3 is 2.15 bits per heavy atom. The summed E-state index contributed by atoms with van der Waals surface area (Å²) in [4.78, 5) is 28.9. The van der Waals surface area contributed by atoms with Crippen molar-refractivity contribution in [3.05, 3.63) is 105 Å². The average Bonchev–Trinajstić information content (AvgIpc) is 2.78. The Balaban J connectivity index is 1.99. The second-order valence-electron chi connectivity index (χ2n) is 9.36. The first-order valence-corrected chi connectivity index (χ1v) is 12.4. The van der Waals surface area contributed by atoms with Gasteiger partial charge in [-0.2, -0.15) is 0 Å². The SMILES string of the molecule is CC(C)(C)NC(=O)[C@@H](Cc1ccccc1)N(Cc1ccc(Br)cc1)C(=O)Cc1ccccc1Cl. The van der Waals surface area contributed by atoms with Crippen LogP contribution in [0.25, 0.3) is 0 Å². The van der Waals surface area contributed by atoms with E-state index in [0.717, 1.165) is 21.2 Å². The van der Waals surface area contributed by atoms with Gasteiger partial charge in [0.1, 0.15) is 6.04 Å². The molecule has 0 heterocycles. The Morgan fingerprint density at radius 2 is 1.53 bits per heavy atom. The van der Waals surface area contributed by atoms with Crippen molar-refractivity contribution < 1.29 is 9.59 Å². The van der Waals surface area contributed by atoms with Crippen molar-refractivity contribution in [2.24, 2.45) is 0 Å². The van der Waals surface area contributed by atoms with Gasteiger partial charge in [-0.1, -0.05) is 88.2 Å². The number of carbonyl (C=O) groups excluding carboxylic acids is 2. The molecule has 0 radical (unpaired) electrons. The summed E-state index contributed by atoms with van der Waals surface area (Å²) in [6.07, 6.45) is 0.526. The van der Waals surface area contributed by atoms with Crippen LogP contribution in [-0.4, -0.2) is 28.3 Å². The number of hydrogen-bond donors (Lipinski definition) is 1. The third-order valence-electron chi connectivity index (χ3n) is 5.33. The minimum atomic E-state index is -0.680. The summed E-state index contributed by atoms with van der Waals surface area (Å²) in [7, 11) is 0. The van der Waals surface area contributed by atoms with Gasteiger partial charge in [0.2, 0.25) is 11.8 Å². The number of benzene rings is 3. The Bertz CT molecular complexity index is 1110. The lowest BCUT2D eigenvalue weighted by molar-refractivity contribution is -0.141. The fourth-order valence-electron chi connectivity index (χ4n) is 3.70. The molecular formula is C28H30BrClN2O2. The summed E-state index contributed by atoms with van der Waals surface area (Å²) < 4.78 is 0.955. The Morgan fingerprint density at radius 1 is 0.912 bits per heavy atom. The molecule has 178 valence electrons. The Kier molecular flexibility index (Phi) is 8.92. The van der Waals surface area contributed by atoms with E-state index in [1.54, 1.807) is 11.0 Å². The minimum absolute atomic E-state index is 0.115. The van der Waals surface area contributed by atoms with Crippen LogP contribution in [0, 0.1) is 0 Å². The molecule has 3 rings (SSSR count). The van der Waals surface area contributed by atoms with Crippen LogP contribution in [0.5, 0.6) is 0 Å². The number of rotatable bonds is 8. The van der Waals surface area contributed by atoms with Crippen LogP contribution in [0.15, 0.2) is 83.3 Å². The predicted molar refractivity (Wildman–Crippen MR) is 142 cm³/mol. The van der Waals surface area contributed by atoms with Crippen LogP contribution in [-0.2, 0) is 29.0 Å². The molecule has 0 unspecified atom stereocenters. The van der Waals surface area contributed by atoms with Crippen molar-refractivity contribution in [3.63, 3.8) is 0 Å². The van der Waals surface area contributed by atoms with Crippen molar-refractivity contribution >= 4 is 39.3 Å². The van der Waals surface area contributed by atoms with Gasteiger partial charge in [-0.3, -0.25) is 9.59 Å². The fourth-order valence-corrected chi connectivity index (χ4v) is 4.17. The highest BCUT2D eigenvalue weighted by Gasteiger charge is 2.32. The Labute approximate surface area is 215 Å². The van der Waals surface area contributed by atoms with Gasteiger partial charge in [-0.15, -0.1) is 0 Å². The van der Waals surface area contributed by atoms with Crippen molar-refractivity contribution in [2.45, 2.75) is 51.7 Å². The lowest BCUT2D eigenvalue weighted by atomic mass is 10.00. The van der Waals surface area contributed by atoms with Gasteiger partial charge in [0.25, 0.3) is 0 Å². The molecule has 0 bridgehead atoms. The van der Waals surface area contributed by atoms with Crippen LogP contribution < -0.4 is 5.32 Å². The van der Waals surface area contributed by atoms with Gasteiger partial charge in [0, 0.05) is 28.0 Å². The van der Waals surface area contributed by atoms with Crippen LogP contribution in [0.2, 0.25) is 5.02 Å². The first-order chi connectivity index (χ1) is 16.1. The standard InChI is InChI=1S/C28H30BrClN2O2/c1-28(2,3)31-27(34)25(17-20-9-5-4-6-10-20)32(19-21-13-15-23(29)16-14-21)26(33)18-22-11-7-8-12-24(22)30/h4-16,25H,17-19H2,1-3H3,(H,31,34)/t25-/m1/s1. The van der Waals surface area contributed by atoms with E-state index < -0.39 is 11.6 Å². The quantitative estimate of drug-likeness (QED) is 0.369. The minimum Gasteiger partial charge on any atom is -0.350 e. The summed E-state index contributed by atoms with van der Waals surface area (Å²) in [5.74, 6) is -0.331. The highest BCUT2D eigenvalue weighted by atomic mass is 79.9. The third-order valence-corrected chi connectivity index (χ3v) is 6.23. The number of carbonyl (C=O) groups is 2. The summed E-state index contributed by atoms with van der Waals surface area (Å²) >= 11 is 9.82. The van der Waals surface area contributed by atoms with E-state index in [1.807, 2.05) is 93.6 Å². The van der Waals surface area contributed by atoms with Gasteiger partial charge < -0.3 is 10.2 Å². The van der Waals surface area contributed by atoms with Gasteiger partial charge in [0.05, 0.1) is 6.42 Å². The van der Waals surface area contributed by atoms with Crippen molar-refractivity contribution in [2.75, 3.05) is 0 Å². The maximum absolute atomic E-state index is 13.7. The van der Waals surface area contributed by atoms with E-state index in [0.29, 0.717) is 18.0 Å². The second kappa shape index (κ2) is 11.7. The maximum atomic E-state index is 13.7. The molecule has 0 saturated heterocycles. The topological polar surface area (TPSA) is 49.4 Å². The normalized spacial score (nSPS) is 12.1. The van der Waals surface area contributed by atoms with Crippen molar-refractivity contribution in [3.8, 4) is 0 Å². The van der Waals surface area contributed by atoms with Crippen LogP contribution in [0.3, 0.4) is 0 Å². The summed E-state index contributed by atoms with van der Waals surface area (Å²) in [6.45, 7) is 6.13. The molecule has 0 fully saturated rings. The number of nitrogens with zero attached hydrogens (tertiary/aromatic N) is 1. The maximum Gasteiger partial charge on any atom is 0.243 e. The van der Waals surface area contributed by atoms with Gasteiger partial charge in [0.15, 0.2) is 0 Å². The van der Waals surface area contributed by atoms with Crippen molar-refractivity contribution in [1.82, 2.24) is 10.2 Å². The molecule has 1 N–H and O–H groups in total. The van der Waals surface area contributed by atoms with Gasteiger partial charge in [-0.05, 0) is 55.7 Å². The molecule has 2 amide bonds. The third kappa shape index (κ3) is 7.71. The predicted octanol–water partition coefficient (Wildman–Crippen LogP) is 6.20. The highest BCUT2D eigenvalue weighted by Crippen LogP contribution is 2.21. The molecule has 0 saturated carbocycles. The molecule has 6 heteroatoms. The molecule has 1 atom stereocenters. The molecule has 0 aliphatic heterocycles. The second-order valence-corrected chi connectivity index (χ2v) is 10.7. The molecule has 3 aromatic rings. The lowest BCUT2D eigenvalue weighted by Gasteiger charge is -2.34. The van der Waals surface area contributed by atoms with E-state index in [9.17, 15) is 9.59 Å². The van der Waals surface area contributed by atoms with Gasteiger partial charge in [-0.25, -0.2) is 0 Å². The van der Waals surface area contributed by atoms with E-state index in [-0.39, 0.29) is 18.2 Å². The molecule has 0 aromatic heterocycles. The molecule has 3 aromatic carbocycles. The number of hydrogen-bond acceptors (Lipinski definition) is 2. The van der Waals surface area contributed by atoms with Crippen LogP contribution in [0.1, 0.15) is 37.5 Å². The number of nitrogens with one attached hydrogen (secondary N) is 1.